The Balaban J connectivity index is 1.08. The Morgan fingerprint density at radius 3 is 0.926 bits per heavy atom. The van der Waals surface area contributed by atoms with Gasteiger partial charge in [0.15, 0.2) is 0 Å². The predicted molar refractivity (Wildman–Crippen MR) is 232 cm³/mol. The van der Waals surface area contributed by atoms with Gasteiger partial charge in [0.05, 0.1) is 0 Å². The van der Waals surface area contributed by atoms with Crippen LogP contribution in [-0.4, -0.2) is 0 Å². The zero-order valence-corrected chi connectivity index (χ0v) is 29.8. The first-order valence-electron chi connectivity index (χ1n) is 18.7. The van der Waals surface area contributed by atoms with E-state index in [0.29, 0.717) is 0 Å². The second-order valence-corrected chi connectivity index (χ2v) is 14.1. The van der Waals surface area contributed by atoms with Crippen molar-refractivity contribution in [1.82, 2.24) is 0 Å². The molecule has 0 saturated heterocycles. The molecule has 0 aliphatic carbocycles. The van der Waals surface area contributed by atoms with Crippen molar-refractivity contribution in [1.29, 1.82) is 0 Å². The minimum atomic E-state index is 1.21. The van der Waals surface area contributed by atoms with Crippen LogP contribution in [0.25, 0.3) is 99.1 Å². The topological polar surface area (TPSA) is 0 Å². The van der Waals surface area contributed by atoms with Crippen LogP contribution < -0.4 is 0 Å². The molecule has 0 radical (unpaired) electrons. The van der Waals surface area contributed by atoms with Gasteiger partial charge in [0.25, 0.3) is 0 Å². The van der Waals surface area contributed by atoms with Crippen molar-refractivity contribution in [2.75, 3.05) is 0 Å². The van der Waals surface area contributed by atoms with Crippen LogP contribution in [0.3, 0.4) is 0 Å². The van der Waals surface area contributed by atoms with Crippen molar-refractivity contribution in [2.45, 2.75) is 0 Å². The minimum absolute atomic E-state index is 1.21. The zero-order valence-electron chi connectivity index (χ0n) is 29.8. The Bertz CT molecular complexity index is 2940. The van der Waals surface area contributed by atoms with Crippen LogP contribution in [0.2, 0.25) is 0 Å². The molecule has 0 atom stereocenters. The van der Waals surface area contributed by atoms with Gasteiger partial charge < -0.3 is 0 Å². The summed E-state index contributed by atoms with van der Waals surface area (Å²) in [6.45, 7) is 0. The van der Waals surface area contributed by atoms with E-state index in [2.05, 4.69) is 218 Å². The number of benzene rings is 10. The molecule has 10 rings (SSSR count). The molecule has 0 unspecified atom stereocenters. The molecule has 252 valence electrons. The molecule has 0 bridgehead atoms. The zero-order chi connectivity index (χ0) is 35.8. The maximum atomic E-state index is 2.36. The van der Waals surface area contributed by atoms with E-state index in [0.717, 1.165) is 0 Å². The Kier molecular flexibility index (Phi) is 7.93. The summed E-state index contributed by atoms with van der Waals surface area (Å²) in [6, 6.07) is 79.7. The molecule has 0 aliphatic rings. The third kappa shape index (κ3) is 5.75. The first-order valence-corrected chi connectivity index (χ1v) is 18.7. The highest BCUT2D eigenvalue weighted by Crippen LogP contribution is 2.45. The SMILES string of the molecule is c1ccc(-c2ccc3cc(-c4ccc5cc(-c6ccc7c(-c8ccccc8)c(-c8ccccc8)ccc7c6-c6ccccc6)ccc5c4)ccc3c2)cc1. The number of fused-ring (bicyclic) bond motifs is 3. The van der Waals surface area contributed by atoms with Gasteiger partial charge in [0.2, 0.25) is 0 Å². The van der Waals surface area contributed by atoms with Crippen LogP contribution in [0, 0.1) is 0 Å². The Hall–Kier alpha value is -7.02. The van der Waals surface area contributed by atoms with Gasteiger partial charge in [-0.05, 0) is 123 Å². The van der Waals surface area contributed by atoms with E-state index in [1.807, 2.05) is 0 Å². The molecule has 0 spiro atoms. The van der Waals surface area contributed by atoms with Gasteiger partial charge in [-0.1, -0.05) is 194 Å². The summed E-state index contributed by atoms with van der Waals surface area (Å²) in [7, 11) is 0. The van der Waals surface area contributed by atoms with Crippen molar-refractivity contribution >= 4 is 32.3 Å². The lowest BCUT2D eigenvalue weighted by Crippen LogP contribution is -1.93. The molecule has 0 amide bonds. The Morgan fingerprint density at radius 1 is 0.185 bits per heavy atom. The Morgan fingerprint density at radius 2 is 0.500 bits per heavy atom. The lowest BCUT2D eigenvalue weighted by molar-refractivity contribution is 1.59. The molecule has 10 aromatic rings. The molecule has 0 heterocycles. The fraction of sp³-hybridized carbons (Fsp3) is 0. The van der Waals surface area contributed by atoms with E-state index in [-0.39, 0.29) is 0 Å². The van der Waals surface area contributed by atoms with Crippen LogP contribution in [0.1, 0.15) is 0 Å². The first-order chi connectivity index (χ1) is 26.8. The van der Waals surface area contributed by atoms with Crippen LogP contribution in [0.4, 0.5) is 0 Å². The largest absolute Gasteiger partial charge is 0.0622 e. The molecule has 0 aromatic heterocycles. The highest BCUT2D eigenvalue weighted by molar-refractivity contribution is 6.13. The minimum Gasteiger partial charge on any atom is -0.0622 e. The maximum absolute atomic E-state index is 2.36. The summed E-state index contributed by atoms with van der Waals surface area (Å²) in [5.41, 5.74) is 14.8. The van der Waals surface area contributed by atoms with Crippen LogP contribution >= 0.6 is 0 Å². The molecular weight excluding hydrogens is 649 g/mol. The lowest BCUT2D eigenvalue weighted by Gasteiger charge is -2.19. The molecular formula is C54H36. The van der Waals surface area contributed by atoms with Crippen molar-refractivity contribution in [2.24, 2.45) is 0 Å². The maximum Gasteiger partial charge on any atom is -0.00266 e. The summed E-state index contributed by atoms with van der Waals surface area (Å²) in [5, 5.41) is 7.47. The summed E-state index contributed by atoms with van der Waals surface area (Å²) in [6.07, 6.45) is 0. The summed E-state index contributed by atoms with van der Waals surface area (Å²) in [5.74, 6) is 0. The van der Waals surface area contributed by atoms with Gasteiger partial charge in [-0.25, -0.2) is 0 Å². The highest BCUT2D eigenvalue weighted by Gasteiger charge is 2.18. The van der Waals surface area contributed by atoms with E-state index in [1.165, 1.54) is 99.1 Å². The lowest BCUT2D eigenvalue weighted by atomic mass is 9.84. The molecule has 10 aromatic carbocycles. The van der Waals surface area contributed by atoms with E-state index >= 15 is 0 Å². The second-order valence-electron chi connectivity index (χ2n) is 14.1. The third-order valence-corrected chi connectivity index (χ3v) is 10.8. The van der Waals surface area contributed by atoms with Gasteiger partial charge in [-0.2, -0.15) is 0 Å². The van der Waals surface area contributed by atoms with Gasteiger partial charge in [0.1, 0.15) is 0 Å². The molecule has 0 saturated carbocycles. The van der Waals surface area contributed by atoms with Crippen LogP contribution in [0.5, 0.6) is 0 Å². The molecule has 0 heteroatoms. The number of hydrogen-bond acceptors (Lipinski definition) is 0. The van der Waals surface area contributed by atoms with Crippen LogP contribution in [-0.2, 0) is 0 Å². The average molecular weight is 685 g/mol. The normalized spacial score (nSPS) is 11.3. The smallest absolute Gasteiger partial charge is 0.00266 e. The summed E-state index contributed by atoms with van der Waals surface area (Å²) >= 11 is 0. The second kappa shape index (κ2) is 13.5. The quantitative estimate of drug-likeness (QED) is 0.164. The molecule has 0 N–H and O–H groups in total. The van der Waals surface area contributed by atoms with Gasteiger partial charge in [-0.15, -0.1) is 0 Å². The number of rotatable bonds is 6. The summed E-state index contributed by atoms with van der Waals surface area (Å²) in [4.78, 5) is 0. The van der Waals surface area contributed by atoms with Crippen LogP contribution in [0.15, 0.2) is 218 Å². The highest BCUT2D eigenvalue weighted by atomic mass is 14.2. The molecule has 0 nitrogen and oxygen atoms in total. The number of hydrogen-bond donors (Lipinski definition) is 0. The average Bonchev–Trinajstić information content (AvgIpc) is 3.26. The Labute approximate surface area is 316 Å². The van der Waals surface area contributed by atoms with Gasteiger partial charge in [-0.3, -0.25) is 0 Å². The van der Waals surface area contributed by atoms with Crippen molar-refractivity contribution in [3.05, 3.63) is 218 Å². The predicted octanol–water partition coefficient (Wildman–Crippen LogP) is 15.1. The molecule has 54 heavy (non-hydrogen) atoms. The standard InChI is InChI=1S/C54H36/c1-5-13-37(14-6-1)41-21-22-43-34-44(24-23-42(43)33-41)45-25-26-47-36-48(28-27-46(47)35-45)50-30-32-51-52(54(50)40-19-11-4-12-20-40)31-29-49(38-15-7-2-8-16-38)53(51)39-17-9-3-10-18-39/h1-36H. The molecule has 0 aliphatic heterocycles. The van der Waals surface area contributed by atoms with E-state index in [4.69, 9.17) is 0 Å². The third-order valence-electron chi connectivity index (χ3n) is 10.8. The van der Waals surface area contributed by atoms with Crippen molar-refractivity contribution < 1.29 is 0 Å². The van der Waals surface area contributed by atoms with E-state index < -0.39 is 0 Å². The fourth-order valence-corrected chi connectivity index (χ4v) is 8.16. The van der Waals surface area contributed by atoms with Crippen molar-refractivity contribution in [3.8, 4) is 66.8 Å². The van der Waals surface area contributed by atoms with Crippen molar-refractivity contribution in [3.63, 3.8) is 0 Å². The van der Waals surface area contributed by atoms with Gasteiger partial charge >= 0.3 is 0 Å². The summed E-state index contributed by atoms with van der Waals surface area (Å²) < 4.78 is 0. The molecule has 0 fully saturated rings. The van der Waals surface area contributed by atoms with E-state index in [1.54, 1.807) is 0 Å². The van der Waals surface area contributed by atoms with Gasteiger partial charge in [0, 0.05) is 0 Å². The fourth-order valence-electron chi connectivity index (χ4n) is 8.16. The first kappa shape index (κ1) is 31.7. The van der Waals surface area contributed by atoms with E-state index in [9.17, 15) is 0 Å². The monoisotopic (exact) mass is 684 g/mol.